The molecule has 1 N–H and O–H groups in total. The van der Waals surface area contributed by atoms with E-state index in [-0.39, 0.29) is 6.10 Å². The standard InChI is InChI=1S/C11H20N2O2/c1-3-5-6-10(14)8-13-9-11(7-12-13)15-4-2/h7,9-10,14H,3-6,8H2,1-2H3. The van der Waals surface area contributed by atoms with Gasteiger partial charge in [-0.3, -0.25) is 4.68 Å². The molecule has 86 valence electrons. The molecular formula is C11H20N2O2. The lowest BCUT2D eigenvalue weighted by Crippen LogP contribution is -2.16. The predicted octanol–water partition coefficient (Wildman–Crippen LogP) is 1.83. The Morgan fingerprint density at radius 2 is 2.33 bits per heavy atom. The summed E-state index contributed by atoms with van der Waals surface area (Å²) >= 11 is 0. The van der Waals surface area contributed by atoms with Crippen LogP contribution in [0.1, 0.15) is 33.1 Å². The van der Waals surface area contributed by atoms with Crippen LogP contribution in [0.5, 0.6) is 5.75 Å². The number of ether oxygens (including phenoxy) is 1. The number of nitrogens with zero attached hydrogens (tertiary/aromatic N) is 2. The van der Waals surface area contributed by atoms with Crippen molar-refractivity contribution in [2.24, 2.45) is 0 Å². The van der Waals surface area contributed by atoms with Crippen molar-refractivity contribution < 1.29 is 9.84 Å². The summed E-state index contributed by atoms with van der Waals surface area (Å²) in [6.45, 7) is 5.25. The third-order valence-electron chi connectivity index (χ3n) is 2.21. The van der Waals surface area contributed by atoms with E-state index in [4.69, 9.17) is 4.74 Å². The first-order chi connectivity index (χ1) is 7.26. The van der Waals surface area contributed by atoms with E-state index in [1.54, 1.807) is 10.9 Å². The van der Waals surface area contributed by atoms with Crippen molar-refractivity contribution in [2.75, 3.05) is 6.61 Å². The van der Waals surface area contributed by atoms with E-state index >= 15 is 0 Å². The summed E-state index contributed by atoms with van der Waals surface area (Å²) in [5.74, 6) is 0.764. The summed E-state index contributed by atoms with van der Waals surface area (Å²) in [7, 11) is 0. The maximum absolute atomic E-state index is 9.67. The monoisotopic (exact) mass is 212 g/mol. The lowest BCUT2D eigenvalue weighted by Gasteiger charge is -2.09. The molecule has 0 aliphatic rings. The van der Waals surface area contributed by atoms with Crippen LogP contribution in [0.15, 0.2) is 12.4 Å². The van der Waals surface area contributed by atoms with Crippen LogP contribution < -0.4 is 4.74 Å². The Morgan fingerprint density at radius 1 is 1.53 bits per heavy atom. The minimum Gasteiger partial charge on any atom is -0.491 e. The molecule has 0 aliphatic carbocycles. The van der Waals surface area contributed by atoms with Gasteiger partial charge in [0, 0.05) is 0 Å². The van der Waals surface area contributed by atoms with Crippen molar-refractivity contribution in [3.8, 4) is 5.75 Å². The molecule has 0 bridgehead atoms. The van der Waals surface area contributed by atoms with E-state index in [0.717, 1.165) is 25.0 Å². The largest absolute Gasteiger partial charge is 0.491 e. The second kappa shape index (κ2) is 6.45. The van der Waals surface area contributed by atoms with Gasteiger partial charge in [0.2, 0.25) is 0 Å². The van der Waals surface area contributed by atoms with Crippen molar-refractivity contribution in [2.45, 2.75) is 45.8 Å². The van der Waals surface area contributed by atoms with E-state index in [0.29, 0.717) is 13.2 Å². The molecule has 0 saturated heterocycles. The third-order valence-corrected chi connectivity index (χ3v) is 2.21. The van der Waals surface area contributed by atoms with Crippen LogP contribution in [0.3, 0.4) is 0 Å². The van der Waals surface area contributed by atoms with Gasteiger partial charge in [-0.1, -0.05) is 19.8 Å². The fourth-order valence-electron chi connectivity index (χ4n) is 1.43. The Morgan fingerprint density at radius 3 is 3.00 bits per heavy atom. The number of aliphatic hydroxyl groups excluding tert-OH is 1. The molecule has 0 amide bonds. The smallest absolute Gasteiger partial charge is 0.157 e. The van der Waals surface area contributed by atoms with Gasteiger partial charge in [0.15, 0.2) is 5.75 Å². The van der Waals surface area contributed by atoms with Crippen LogP contribution in [0, 0.1) is 0 Å². The molecule has 15 heavy (non-hydrogen) atoms. The molecule has 0 aromatic carbocycles. The van der Waals surface area contributed by atoms with Gasteiger partial charge >= 0.3 is 0 Å². The Labute approximate surface area is 90.9 Å². The highest BCUT2D eigenvalue weighted by atomic mass is 16.5. The Kier molecular flexibility index (Phi) is 5.18. The van der Waals surface area contributed by atoms with Gasteiger partial charge in [-0.2, -0.15) is 5.10 Å². The minimum atomic E-state index is -0.306. The molecule has 0 fully saturated rings. The first kappa shape index (κ1) is 12.0. The maximum Gasteiger partial charge on any atom is 0.157 e. The molecule has 4 nitrogen and oxygen atoms in total. The number of hydrogen-bond acceptors (Lipinski definition) is 3. The summed E-state index contributed by atoms with van der Waals surface area (Å²) in [6, 6.07) is 0. The molecule has 1 atom stereocenters. The second-order valence-electron chi connectivity index (χ2n) is 3.63. The van der Waals surface area contributed by atoms with E-state index in [1.165, 1.54) is 0 Å². The zero-order valence-electron chi connectivity index (χ0n) is 9.52. The minimum absolute atomic E-state index is 0.306. The zero-order valence-corrected chi connectivity index (χ0v) is 9.52. The molecule has 0 saturated carbocycles. The fraction of sp³-hybridized carbons (Fsp3) is 0.727. The van der Waals surface area contributed by atoms with Gasteiger partial charge in [-0.25, -0.2) is 0 Å². The molecule has 1 aromatic rings. The normalized spacial score (nSPS) is 12.7. The summed E-state index contributed by atoms with van der Waals surface area (Å²) in [6.07, 6.45) is 6.19. The highest BCUT2D eigenvalue weighted by Crippen LogP contribution is 2.09. The Balaban J connectivity index is 2.35. The molecule has 1 rings (SSSR count). The number of aliphatic hydroxyl groups is 1. The van der Waals surface area contributed by atoms with E-state index in [2.05, 4.69) is 12.0 Å². The lowest BCUT2D eigenvalue weighted by atomic mass is 10.2. The number of hydrogen-bond donors (Lipinski definition) is 1. The van der Waals surface area contributed by atoms with Crippen LogP contribution >= 0.6 is 0 Å². The van der Waals surface area contributed by atoms with Crippen molar-refractivity contribution in [3.05, 3.63) is 12.4 Å². The van der Waals surface area contributed by atoms with Gasteiger partial charge in [0.1, 0.15) is 0 Å². The summed E-state index contributed by atoms with van der Waals surface area (Å²) in [4.78, 5) is 0. The van der Waals surface area contributed by atoms with Crippen molar-refractivity contribution in [1.82, 2.24) is 9.78 Å². The molecule has 1 aromatic heterocycles. The average molecular weight is 212 g/mol. The number of aromatic nitrogens is 2. The van der Waals surface area contributed by atoms with E-state index in [1.807, 2.05) is 13.1 Å². The summed E-state index contributed by atoms with van der Waals surface area (Å²) < 4.78 is 7.01. The third kappa shape index (κ3) is 4.34. The van der Waals surface area contributed by atoms with Crippen molar-refractivity contribution in [1.29, 1.82) is 0 Å². The number of unbranched alkanes of at least 4 members (excludes halogenated alkanes) is 1. The van der Waals surface area contributed by atoms with Gasteiger partial charge in [-0.05, 0) is 13.3 Å². The molecule has 0 aliphatic heterocycles. The summed E-state index contributed by atoms with van der Waals surface area (Å²) in [5.41, 5.74) is 0. The van der Waals surface area contributed by atoms with Crippen molar-refractivity contribution in [3.63, 3.8) is 0 Å². The van der Waals surface area contributed by atoms with Crippen molar-refractivity contribution >= 4 is 0 Å². The van der Waals surface area contributed by atoms with Crippen LogP contribution in [0.4, 0.5) is 0 Å². The van der Waals surface area contributed by atoms with Gasteiger partial charge in [0.25, 0.3) is 0 Å². The van der Waals surface area contributed by atoms with Crippen LogP contribution in [0.2, 0.25) is 0 Å². The zero-order chi connectivity index (χ0) is 11.1. The van der Waals surface area contributed by atoms with E-state index in [9.17, 15) is 5.11 Å². The van der Waals surface area contributed by atoms with Crippen LogP contribution in [-0.2, 0) is 6.54 Å². The quantitative estimate of drug-likeness (QED) is 0.750. The molecule has 0 radical (unpaired) electrons. The molecule has 4 heteroatoms. The van der Waals surface area contributed by atoms with Gasteiger partial charge in [-0.15, -0.1) is 0 Å². The summed E-state index contributed by atoms with van der Waals surface area (Å²) in [5, 5.41) is 13.8. The van der Waals surface area contributed by atoms with Gasteiger partial charge in [0.05, 0.1) is 31.6 Å². The average Bonchev–Trinajstić information content (AvgIpc) is 2.63. The first-order valence-electron chi connectivity index (χ1n) is 5.59. The highest BCUT2D eigenvalue weighted by molar-refractivity contribution is 5.11. The second-order valence-corrected chi connectivity index (χ2v) is 3.63. The Hall–Kier alpha value is -1.03. The van der Waals surface area contributed by atoms with Crippen LogP contribution in [0.25, 0.3) is 0 Å². The lowest BCUT2D eigenvalue weighted by molar-refractivity contribution is 0.137. The number of rotatable bonds is 7. The molecule has 0 spiro atoms. The molecule has 1 unspecified atom stereocenters. The van der Waals surface area contributed by atoms with Crippen LogP contribution in [-0.4, -0.2) is 27.6 Å². The first-order valence-corrected chi connectivity index (χ1v) is 5.59. The maximum atomic E-state index is 9.67. The van der Waals surface area contributed by atoms with Gasteiger partial charge < -0.3 is 9.84 Å². The molecule has 1 heterocycles. The predicted molar refractivity (Wildman–Crippen MR) is 58.9 cm³/mol. The highest BCUT2D eigenvalue weighted by Gasteiger charge is 2.06. The fourth-order valence-corrected chi connectivity index (χ4v) is 1.43. The SMILES string of the molecule is CCCCC(O)Cn1cc(OCC)cn1. The topological polar surface area (TPSA) is 47.3 Å². The Bertz CT molecular complexity index is 273. The van der Waals surface area contributed by atoms with E-state index < -0.39 is 0 Å². The molecular weight excluding hydrogens is 192 g/mol.